The predicted molar refractivity (Wildman–Crippen MR) is 90.8 cm³/mol. The van der Waals surface area contributed by atoms with Crippen LogP contribution in [-0.2, 0) is 6.42 Å². The third-order valence-corrected chi connectivity index (χ3v) is 4.64. The molecule has 0 spiro atoms. The Morgan fingerprint density at radius 3 is 2.90 bits per heavy atom. The molecule has 21 heavy (non-hydrogen) atoms. The number of rotatable bonds is 6. The normalized spacial score (nSPS) is 12.6. The summed E-state index contributed by atoms with van der Waals surface area (Å²) in [5.74, 6) is 0. The first-order valence-corrected chi connectivity index (χ1v) is 8.36. The molecular weight excluding hydrogens is 276 g/mol. The standard InChI is InChI=1S/C18H20N2S/c1-2-10-20-17(13-15-7-3-4-11-19-15)16-8-5-6-14-9-12-21-18(14)16/h3-9,11-12,17,20H,2,10,13H2,1H3. The van der Waals surface area contributed by atoms with Gasteiger partial charge in [0.1, 0.15) is 0 Å². The van der Waals surface area contributed by atoms with Gasteiger partial charge in [-0.3, -0.25) is 4.98 Å². The highest BCUT2D eigenvalue weighted by Crippen LogP contribution is 2.30. The summed E-state index contributed by atoms with van der Waals surface area (Å²) in [6.07, 6.45) is 3.94. The molecular formula is C18H20N2S. The van der Waals surface area contributed by atoms with Gasteiger partial charge in [0.25, 0.3) is 0 Å². The van der Waals surface area contributed by atoms with Gasteiger partial charge >= 0.3 is 0 Å². The molecule has 0 saturated heterocycles. The maximum Gasteiger partial charge on any atom is 0.0422 e. The number of thiophene rings is 1. The number of fused-ring (bicyclic) bond motifs is 1. The van der Waals surface area contributed by atoms with E-state index in [0.29, 0.717) is 6.04 Å². The zero-order valence-corrected chi connectivity index (χ0v) is 13.1. The fourth-order valence-electron chi connectivity index (χ4n) is 2.63. The van der Waals surface area contributed by atoms with Crippen LogP contribution in [0.1, 0.15) is 30.6 Å². The second-order valence-electron chi connectivity index (χ2n) is 5.22. The lowest BCUT2D eigenvalue weighted by Crippen LogP contribution is -2.24. The number of aromatic nitrogens is 1. The van der Waals surface area contributed by atoms with Gasteiger partial charge in [-0.25, -0.2) is 0 Å². The molecule has 2 aromatic heterocycles. The highest BCUT2D eigenvalue weighted by molar-refractivity contribution is 7.17. The van der Waals surface area contributed by atoms with Crippen molar-refractivity contribution in [3.8, 4) is 0 Å². The summed E-state index contributed by atoms with van der Waals surface area (Å²) in [4.78, 5) is 4.48. The van der Waals surface area contributed by atoms with Gasteiger partial charge in [0, 0.05) is 29.1 Å². The van der Waals surface area contributed by atoms with Crippen molar-refractivity contribution in [2.45, 2.75) is 25.8 Å². The molecule has 1 atom stereocenters. The molecule has 2 nitrogen and oxygen atoms in total. The van der Waals surface area contributed by atoms with Crippen molar-refractivity contribution >= 4 is 21.4 Å². The molecule has 3 rings (SSSR count). The van der Waals surface area contributed by atoms with Gasteiger partial charge in [0.05, 0.1) is 0 Å². The van der Waals surface area contributed by atoms with Crippen LogP contribution in [0, 0.1) is 0 Å². The number of pyridine rings is 1. The Hall–Kier alpha value is -1.71. The molecule has 0 radical (unpaired) electrons. The number of benzene rings is 1. The molecule has 0 aliphatic heterocycles. The van der Waals surface area contributed by atoms with Crippen LogP contribution in [0.3, 0.4) is 0 Å². The van der Waals surface area contributed by atoms with Gasteiger partial charge < -0.3 is 5.32 Å². The highest BCUT2D eigenvalue weighted by Gasteiger charge is 2.15. The van der Waals surface area contributed by atoms with Gasteiger partial charge in [-0.15, -0.1) is 11.3 Å². The van der Waals surface area contributed by atoms with E-state index >= 15 is 0 Å². The van der Waals surface area contributed by atoms with Crippen LogP contribution in [-0.4, -0.2) is 11.5 Å². The molecule has 0 saturated carbocycles. The molecule has 1 unspecified atom stereocenters. The Labute approximate surface area is 129 Å². The minimum Gasteiger partial charge on any atom is -0.310 e. The fourth-order valence-corrected chi connectivity index (χ4v) is 3.60. The van der Waals surface area contributed by atoms with Crippen molar-refractivity contribution in [2.75, 3.05) is 6.54 Å². The average molecular weight is 296 g/mol. The number of hydrogen-bond donors (Lipinski definition) is 1. The van der Waals surface area contributed by atoms with E-state index in [2.05, 4.69) is 59.0 Å². The SMILES string of the molecule is CCCNC(Cc1ccccn1)c1cccc2ccsc12. The number of hydrogen-bond acceptors (Lipinski definition) is 3. The van der Waals surface area contributed by atoms with E-state index in [4.69, 9.17) is 0 Å². The van der Waals surface area contributed by atoms with Crippen molar-refractivity contribution in [2.24, 2.45) is 0 Å². The lowest BCUT2D eigenvalue weighted by atomic mass is 10.00. The monoisotopic (exact) mass is 296 g/mol. The van der Waals surface area contributed by atoms with Gasteiger partial charge in [-0.2, -0.15) is 0 Å². The molecule has 3 aromatic rings. The van der Waals surface area contributed by atoms with Crippen LogP contribution >= 0.6 is 11.3 Å². The van der Waals surface area contributed by atoms with Crippen molar-refractivity contribution in [1.29, 1.82) is 0 Å². The Morgan fingerprint density at radius 1 is 1.14 bits per heavy atom. The number of nitrogens with zero attached hydrogens (tertiary/aromatic N) is 1. The first kappa shape index (κ1) is 14.2. The highest BCUT2D eigenvalue weighted by atomic mass is 32.1. The Kier molecular flexibility index (Phi) is 4.63. The molecule has 1 aromatic carbocycles. The first-order chi connectivity index (χ1) is 10.4. The molecule has 0 bridgehead atoms. The quantitative estimate of drug-likeness (QED) is 0.720. The van der Waals surface area contributed by atoms with Crippen LogP contribution in [0.4, 0.5) is 0 Å². The fraction of sp³-hybridized carbons (Fsp3) is 0.278. The summed E-state index contributed by atoms with van der Waals surface area (Å²) in [7, 11) is 0. The van der Waals surface area contributed by atoms with E-state index < -0.39 is 0 Å². The van der Waals surface area contributed by atoms with E-state index in [1.54, 1.807) is 0 Å². The minimum absolute atomic E-state index is 0.321. The Balaban J connectivity index is 1.93. The topological polar surface area (TPSA) is 24.9 Å². The summed E-state index contributed by atoms with van der Waals surface area (Å²) in [5, 5.41) is 7.19. The maximum atomic E-state index is 4.48. The van der Waals surface area contributed by atoms with Gasteiger partial charge in [-0.05, 0) is 47.5 Å². The first-order valence-electron chi connectivity index (χ1n) is 7.48. The van der Waals surface area contributed by atoms with Gasteiger partial charge in [0.2, 0.25) is 0 Å². The van der Waals surface area contributed by atoms with Gasteiger partial charge in [0.15, 0.2) is 0 Å². The lowest BCUT2D eigenvalue weighted by molar-refractivity contribution is 0.528. The molecule has 0 amide bonds. The Bertz CT molecular complexity index is 691. The van der Waals surface area contributed by atoms with Crippen molar-refractivity contribution in [3.63, 3.8) is 0 Å². The third kappa shape index (κ3) is 3.31. The van der Waals surface area contributed by atoms with E-state index in [9.17, 15) is 0 Å². The van der Waals surface area contributed by atoms with Crippen LogP contribution in [0.5, 0.6) is 0 Å². The maximum absolute atomic E-state index is 4.48. The molecule has 2 heterocycles. The third-order valence-electron chi connectivity index (χ3n) is 3.66. The molecule has 1 N–H and O–H groups in total. The predicted octanol–water partition coefficient (Wildman–Crippen LogP) is 4.58. The molecule has 0 aliphatic carbocycles. The molecule has 3 heteroatoms. The Morgan fingerprint density at radius 2 is 2.10 bits per heavy atom. The van der Waals surface area contributed by atoms with E-state index in [0.717, 1.165) is 25.1 Å². The second kappa shape index (κ2) is 6.83. The molecule has 0 fully saturated rings. The number of nitrogens with one attached hydrogen (secondary N) is 1. The largest absolute Gasteiger partial charge is 0.310 e. The summed E-state index contributed by atoms with van der Waals surface area (Å²) in [6, 6.07) is 15.2. The van der Waals surface area contributed by atoms with Crippen LogP contribution < -0.4 is 5.32 Å². The van der Waals surface area contributed by atoms with E-state index in [-0.39, 0.29) is 0 Å². The molecule has 0 aliphatic rings. The van der Waals surface area contributed by atoms with Crippen molar-refractivity contribution in [3.05, 3.63) is 65.3 Å². The summed E-state index contributed by atoms with van der Waals surface area (Å²) in [5.41, 5.74) is 2.53. The lowest BCUT2D eigenvalue weighted by Gasteiger charge is -2.19. The zero-order valence-electron chi connectivity index (χ0n) is 12.3. The smallest absolute Gasteiger partial charge is 0.0422 e. The van der Waals surface area contributed by atoms with Gasteiger partial charge in [-0.1, -0.05) is 31.2 Å². The van der Waals surface area contributed by atoms with Crippen LogP contribution in [0.25, 0.3) is 10.1 Å². The summed E-state index contributed by atoms with van der Waals surface area (Å²) in [6.45, 7) is 3.23. The minimum atomic E-state index is 0.321. The van der Waals surface area contributed by atoms with Crippen molar-refractivity contribution in [1.82, 2.24) is 10.3 Å². The second-order valence-corrected chi connectivity index (χ2v) is 6.13. The average Bonchev–Trinajstić information content (AvgIpc) is 3.01. The summed E-state index contributed by atoms with van der Waals surface area (Å²) < 4.78 is 1.39. The van der Waals surface area contributed by atoms with E-state index in [1.165, 1.54) is 15.6 Å². The van der Waals surface area contributed by atoms with Crippen LogP contribution in [0.2, 0.25) is 0 Å². The summed E-state index contributed by atoms with van der Waals surface area (Å²) >= 11 is 1.83. The van der Waals surface area contributed by atoms with Crippen LogP contribution in [0.15, 0.2) is 54.0 Å². The zero-order chi connectivity index (χ0) is 14.5. The van der Waals surface area contributed by atoms with Crippen molar-refractivity contribution < 1.29 is 0 Å². The molecule has 108 valence electrons. The van der Waals surface area contributed by atoms with E-state index in [1.807, 2.05) is 23.6 Å².